The molecule has 3 aromatic rings. The Balaban J connectivity index is 1.70. The van der Waals surface area contributed by atoms with Crippen LogP contribution in [0.1, 0.15) is 33.9 Å². The van der Waals surface area contributed by atoms with E-state index in [0.717, 1.165) is 21.3 Å². The van der Waals surface area contributed by atoms with Crippen molar-refractivity contribution in [3.63, 3.8) is 0 Å². The van der Waals surface area contributed by atoms with E-state index in [9.17, 15) is 9.59 Å². The van der Waals surface area contributed by atoms with Gasteiger partial charge < -0.3 is 0 Å². The fraction of sp³-hybridized carbons (Fsp3) is 0.0870. The Labute approximate surface area is 176 Å². The number of benzene rings is 3. The van der Waals surface area contributed by atoms with Crippen LogP contribution in [0.3, 0.4) is 0 Å². The maximum atomic E-state index is 13.2. The Kier molecular flexibility index (Phi) is 5.47. The number of nitrogens with zero attached hydrogens (tertiary/aromatic N) is 3. The van der Waals surface area contributed by atoms with Gasteiger partial charge in [-0.15, -0.1) is 0 Å². The lowest BCUT2D eigenvalue weighted by molar-refractivity contribution is 0.0711. The van der Waals surface area contributed by atoms with E-state index in [-0.39, 0.29) is 11.9 Å². The first-order valence-corrected chi connectivity index (χ1v) is 9.85. The first-order valence-electron chi connectivity index (χ1n) is 9.05. The van der Waals surface area contributed by atoms with Crippen LogP contribution in [0.5, 0.6) is 0 Å². The third-order valence-electron chi connectivity index (χ3n) is 4.77. The Hall–Kier alpha value is -3.34. The van der Waals surface area contributed by atoms with Gasteiger partial charge in [0.1, 0.15) is 0 Å². The second kappa shape index (κ2) is 8.35. The molecule has 0 radical (unpaired) electrons. The SMILES string of the molecule is O=C=Nc1ccc(C2=NN(C(=O)c3ccc(Br)cc3)C(c3ccccc3)C2)cc1. The van der Waals surface area contributed by atoms with E-state index in [4.69, 9.17) is 0 Å². The minimum atomic E-state index is -0.185. The second-order valence-electron chi connectivity index (χ2n) is 6.58. The average molecular weight is 446 g/mol. The van der Waals surface area contributed by atoms with Gasteiger partial charge in [0.2, 0.25) is 6.08 Å². The van der Waals surface area contributed by atoms with Gasteiger partial charge in [0.15, 0.2) is 0 Å². The molecule has 0 spiro atoms. The monoisotopic (exact) mass is 445 g/mol. The number of hydrazone groups is 1. The second-order valence-corrected chi connectivity index (χ2v) is 7.50. The quantitative estimate of drug-likeness (QED) is 0.398. The van der Waals surface area contributed by atoms with Crippen LogP contribution in [-0.2, 0) is 4.79 Å². The molecule has 1 unspecified atom stereocenters. The van der Waals surface area contributed by atoms with Crippen LogP contribution < -0.4 is 0 Å². The third kappa shape index (κ3) is 4.09. The summed E-state index contributed by atoms with van der Waals surface area (Å²) in [6, 6.07) is 24.1. The topological polar surface area (TPSA) is 62.1 Å². The van der Waals surface area contributed by atoms with E-state index in [1.807, 2.05) is 54.6 Å². The molecule has 4 rings (SSSR count). The Bertz CT molecular complexity index is 1100. The van der Waals surface area contributed by atoms with Crippen LogP contribution in [0.15, 0.2) is 93.4 Å². The normalized spacial score (nSPS) is 15.6. The molecule has 29 heavy (non-hydrogen) atoms. The van der Waals surface area contributed by atoms with Gasteiger partial charge in [-0.2, -0.15) is 10.1 Å². The van der Waals surface area contributed by atoms with Crippen LogP contribution in [0.2, 0.25) is 0 Å². The molecule has 0 bridgehead atoms. The van der Waals surface area contributed by atoms with Crippen LogP contribution in [0.25, 0.3) is 0 Å². The number of halogens is 1. The van der Waals surface area contributed by atoms with Gasteiger partial charge in [-0.3, -0.25) is 4.79 Å². The standard InChI is InChI=1S/C23H16BrN3O2/c24-19-10-6-18(7-11-19)23(29)27-22(17-4-2-1-3-5-17)14-21(26-27)16-8-12-20(13-9-16)25-15-28/h1-13,22H,14H2. The zero-order chi connectivity index (χ0) is 20.2. The summed E-state index contributed by atoms with van der Waals surface area (Å²) in [5, 5.41) is 6.23. The molecule has 0 aliphatic carbocycles. The fourth-order valence-electron chi connectivity index (χ4n) is 3.31. The van der Waals surface area contributed by atoms with Gasteiger partial charge in [-0.05, 0) is 47.5 Å². The number of carbonyl (C=O) groups is 1. The summed E-state index contributed by atoms with van der Waals surface area (Å²) in [6.07, 6.45) is 2.13. The number of carbonyl (C=O) groups excluding carboxylic acids is 2. The molecule has 0 N–H and O–H groups in total. The highest BCUT2D eigenvalue weighted by atomic mass is 79.9. The van der Waals surface area contributed by atoms with E-state index in [0.29, 0.717) is 17.7 Å². The molecular formula is C23H16BrN3O2. The molecule has 3 aromatic carbocycles. The van der Waals surface area contributed by atoms with Crippen molar-refractivity contribution in [2.45, 2.75) is 12.5 Å². The minimum Gasteiger partial charge on any atom is -0.267 e. The molecule has 142 valence electrons. The molecule has 0 fully saturated rings. The predicted octanol–water partition coefficient (Wildman–Crippen LogP) is 5.41. The molecule has 0 saturated carbocycles. The van der Waals surface area contributed by atoms with Gasteiger partial charge in [-0.1, -0.05) is 58.4 Å². The molecule has 1 amide bonds. The van der Waals surface area contributed by atoms with Crippen molar-refractivity contribution < 1.29 is 9.59 Å². The van der Waals surface area contributed by atoms with Gasteiger partial charge in [0, 0.05) is 16.5 Å². The number of aliphatic imine (C=N–C) groups is 1. The van der Waals surface area contributed by atoms with Crippen molar-refractivity contribution in [3.8, 4) is 0 Å². The molecule has 1 atom stereocenters. The third-order valence-corrected chi connectivity index (χ3v) is 5.30. The van der Waals surface area contributed by atoms with Crippen molar-refractivity contribution >= 4 is 39.3 Å². The predicted molar refractivity (Wildman–Crippen MR) is 115 cm³/mol. The summed E-state index contributed by atoms with van der Waals surface area (Å²) in [4.78, 5) is 27.2. The average Bonchev–Trinajstić information content (AvgIpc) is 3.21. The molecule has 1 heterocycles. The van der Waals surface area contributed by atoms with E-state index >= 15 is 0 Å². The van der Waals surface area contributed by atoms with Gasteiger partial charge in [-0.25, -0.2) is 9.80 Å². The van der Waals surface area contributed by atoms with Crippen LogP contribution >= 0.6 is 15.9 Å². The van der Waals surface area contributed by atoms with Crippen molar-refractivity contribution in [2.75, 3.05) is 0 Å². The molecule has 0 saturated heterocycles. The summed E-state index contributed by atoms with van der Waals surface area (Å²) in [5.74, 6) is -0.150. The maximum absolute atomic E-state index is 13.2. The van der Waals surface area contributed by atoms with Gasteiger partial charge in [0.25, 0.3) is 5.91 Å². The highest BCUT2D eigenvalue weighted by Crippen LogP contribution is 2.34. The summed E-state index contributed by atoms with van der Waals surface area (Å²) < 4.78 is 0.914. The van der Waals surface area contributed by atoms with Crippen LogP contribution in [-0.4, -0.2) is 22.7 Å². The molecule has 0 aromatic heterocycles. The number of amides is 1. The fourth-order valence-corrected chi connectivity index (χ4v) is 3.58. The maximum Gasteiger partial charge on any atom is 0.274 e. The first kappa shape index (κ1) is 19.0. The van der Waals surface area contributed by atoms with Crippen molar-refractivity contribution in [3.05, 3.63) is 100 Å². The lowest BCUT2D eigenvalue weighted by atomic mass is 9.98. The highest BCUT2D eigenvalue weighted by Gasteiger charge is 2.33. The van der Waals surface area contributed by atoms with E-state index in [1.165, 1.54) is 6.08 Å². The molecule has 1 aliphatic rings. The van der Waals surface area contributed by atoms with Gasteiger partial charge in [0.05, 0.1) is 17.4 Å². The van der Waals surface area contributed by atoms with Gasteiger partial charge >= 0.3 is 0 Å². The highest BCUT2D eigenvalue weighted by molar-refractivity contribution is 9.10. The van der Waals surface area contributed by atoms with Crippen molar-refractivity contribution in [1.29, 1.82) is 0 Å². The zero-order valence-electron chi connectivity index (χ0n) is 15.3. The molecular weight excluding hydrogens is 430 g/mol. The number of hydrogen-bond acceptors (Lipinski definition) is 4. The first-order chi connectivity index (χ1) is 14.2. The largest absolute Gasteiger partial charge is 0.274 e. The summed E-state index contributed by atoms with van der Waals surface area (Å²) in [6.45, 7) is 0. The van der Waals surface area contributed by atoms with Crippen molar-refractivity contribution in [1.82, 2.24) is 5.01 Å². The Morgan fingerprint density at radius 1 is 1.00 bits per heavy atom. The lowest BCUT2D eigenvalue weighted by Gasteiger charge is -2.22. The Morgan fingerprint density at radius 3 is 2.34 bits per heavy atom. The minimum absolute atomic E-state index is 0.150. The zero-order valence-corrected chi connectivity index (χ0v) is 16.9. The molecule has 6 heteroatoms. The van der Waals surface area contributed by atoms with Crippen LogP contribution in [0.4, 0.5) is 5.69 Å². The number of rotatable bonds is 4. The van der Waals surface area contributed by atoms with E-state index in [2.05, 4.69) is 26.0 Å². The summed E-state index contributed by atoms with van der Waals surface area (Å²) >= 11 is 3.40. The Morgan fingerprint density at radius 2 is 1.69 bits per heavy atom. The van der Waals surface area contributed by atoms with E-state index in [1.54, 1.807) is 29.3 Å². The van der Waals surface area contributed by atoms with Crippen molar-refractivity contribution in [2.24, 2.45) is 10.1 Å². The molecule has 1 aliphatic heterocycles. The molecule has 5 nitrogen and oxygen atoms in total. The lowest BCUT2D eigenvalue weighted by Crippen LogP contribution is -2.27. The summed E-state index contributed by atoms with van der Waals surface area (Å²) in [5.41, 5.74) is 3.84. The number of isocyanates is 1. The van der Waals surface area contributed by atoms with E-state index < -0.39 is 0 Å². The number of hydrogen-bond donors (Lipinski definition) is 0. The summed E-state index contributed by atoms with van der Waals surface area (Å²) in [7, 11) is 0. The van der Waals surface area contributed by atoms with Crippen LogP contribution in [0, 0.1) is 0 Å². The smallest absolute Gasteiger partial charge is 0.267 e.